The number of pyridine rings is 1. The zero-order valence-corrected chi connectivity index (χ0v) is 24.6. The molecule has 0 saturated heterocycles. The molecule has 1 heterocycles. The van der Waals surface area contributed by atoms with Crippen molar-refractivity contribution in [1.82, 2.24) is 9.88 Å². The van der Waals surface area contributed by atoms with Crippen molar-refractivity contribution in [3.8, 4) is 5.69 Å². The van der Waals surface area contributed by atoms with E-state index in [0.717, 1.165) is 62.1 Å². The number of benzene rings is 2. The minimum Gasteiger partial charge on any atom is -0.461 e. The van der Waals surface area contributed by atoms with Gasteiger partial charge in [-0.2, -0.15) is 0 Å². The van der Waals surface area contributed by atoms with E-state index in [1.807, 2.05) is 13.0 Å². The fourth-order valence-corrected chi connectivity index (χ4v) is 5.12. The summed E-state index contributed by atoms with van der Waals surface area (Å²) in [5.74, 6) is -6.50. The first kappa shape index (κ1) is 33.1. The van der Waals surface area contributed by atoms with E-state index in [1.54, 1.807) is 18.2 Å². The maximum absolute atomic E-state index is 15.4. The molecule has 0 bridgehead atoms. The minimum atomic E-state index is -1.17. The van der Waals surface area contributed by atoms with Crippen LogP contribution in [0.1, 0.15) is 54.1 Å². The lowest BCUT2D eigenvalue weighted by Gasteiger charge is -2.21. The Balaban J connectivity index is 1.55. The summed E-state index contributed by atoms with van der Waals surface area (Å²) >= 11 is 0. The first-order valence-corrected chi connectivity index (χ1v) is 14.4. The highest BCUT2D eigenvalue weighted by atomic mass is 19.1. The number of ketones is 1. The molecule has 11 heteroatoms. The maximum Gasteiger partial charge on any atom is 0.328 e. The van der Waals surface area contributed by atoms with E-state index in [0.29, 0.717) is 16.2 Å². The second kappa shape index (κ2) is 14.8. The second-order valence-electron chi connectivity index (χ2n) is 10.6. The largest absolute Gasteiger partial charge is 0.461 e. The Bertz CT molecular complexity index is 1700. The van der Waals surface area contributed by atoms with Crippen LogP contribution in [0.2, 0.25) is 0 Å². The Kier molecular flexibility index (Phi) is 10.9. The maximum atomic E-state index is 15.4. The summed E-state index contributed by atoms with van der Waals surface area (Å²) in [6.45, 7) is 5.94. The number of nitrogens with zero attached hydrogens (tertiary/aromatic N) is 1. The van der Waals surface area contributed by atoms with Crippen molar-refractivity contribution < 1.29 is 31.9 Å². The van der Waals surface area contributed by atoms with Crippen LogP contribution in [0, 0.1) is 23.3 Å². The summed E-state index contributed by atoms with van der Waals surface area (Å²) in [6, 6.07) is 5.27. The number of ether oxygens (including phenoxy) is 1. The van der Waals surface area contributed by atoms with Gasteiger partial charge in [0.2, 0.25) is 0 Å². The van der Waals surface area contributed by atoms with Gasteiger partial charge in [0.15, 0.2) is 17.4 Å². The summed E-state index contributed by atoms with van der Waals surface area (Å²) < 4.78 is 64.5. The molecule has 236 valence electrons. The van der Waals surface area contributed by atoms with Crippen LogP contribution in [0.25, 0.3) is 5.69 Å². The number of nitrogen functional groups attached to an aromatic ring is 1. The van der Waals surface area contributed by atoms with Gasteiger partial charge in [-0.25, -0.2) is 22.4 Å². The fraction of sp³-hybridized carbons (Fsp3) is 0.265. The van der Waals surface area contributed by atoms with E-state index < -0.39 is 69.3 Å². The van der Waals surface area contributed by atoms with Crippen molar-refractivity contribution in [2.75, 3.05) is 12.3 Å². The fourth-order valence-electron chi connectivity index (χ4n) is 5.12. The highest BCUT2D eigenvalue weighted by Crippen LogP contribution is 2.26. The molecular formula is C34H33F4N3O4. The number of aromatic nitrogens is 1. The SMILES string of the molecule is C=C(/C=C\C=C/C)[C@@H](NCCc1cc(F)c(-n2c(N)c(C(=O)c3ccc(F)cc3F)ccc2=O)c(F)c1)C(=O)OC1CCCC1. The van der Waals surface area contributed by atoms with E-state index in [1.165, 1.54) is 0 Å². The smallest absolute Gasteiger partial charge is 0.328 e. The standard InChI is InChI=1S/C34H33F4N3O4/c1-3-4-5-8-20(2)30(34(44)45-23-9-6-7-10-23)40-16-15-21-17-27(37)31(28(38)18-21)41-29(42)14-13-25(33(41)39)32(43)24-12-11-22(35)19-26(24)36/h3-5,8,11-14,17-19,23,30,40H,2,6-7,9-10,15-16,39H2,1H3/b4-3-,8-5-/t30-/m1/s1. The van der Waals surface area contributed by atoms with Crippen LogP contribution < -0.4 is 16.6 Å². The molecule has 45 heavy (non-hydrogen) atoms. The van der Waals surface area contributed by atoms with Crippen LogP contribution in [0.4, 0.5) is 23.4 Å². The van der Waals surface area contributed by atoms with E-state index in [-0.39, 0.29) is 24.6 Å². The summed E-state index contributed by atoms with van der Waals surface area (Å²) in [5, 5.41) is 3.05. The van der Waals surface area contributed by atoms with Gasteiger partial charge in [0.05, 0.1) is 11.1 Å². The Labute approximate surface area is 257 Å². The van der Waals surface area contributed by atoms with Crippen LogP contribution in [0.5, 0.6) is 0 Å². The molecule has 7 nitrogen and oxygen atoms in total. The third-order valence-electron chi connectivity index (χ3n) is 7.42. The van der Waals surface area contributed by atoms with Crippen LogP contribution >= 0.6 is 0 Å². The Morgan fingerprint density at radius 1 is 1.02 bits per heavy atom. The van der Waals surface area contributed by atoms with Crippen LogP contribution in [0.3, 0.4) is 0 Å². The van der Waals surface area contributed by atoms with Gasteiger partial charge in [-0.3, -0.25) is 14.2 Å². The molecule has 1 fully saturated rings. The zero-order valence-electron chi connectivity index (χ0n) is 24.6. The molecule has 0 amide bonds. The van der Waals surface area contributed by atoms with Gasteiger partial charge in [-0.05, 0) is 80.5 Å². The van der Waals surface area contributed by atoms with Crippen molar-refractivity contribution >= 4 is 17.6 Å². The predicted octanol–water partition coefficient (Wildman–Crippen LogP) is 5.88. The number of hydrogen-bond acceptors (Lipinski definition) is 6. The summed E-state index contributed by atoms with van der Waals surface area (Å²) in [7, 11) is 0. The highest BCUT2D eigenvalue weighted by Gasteiger charge is 2.27. The van der Waals surface area contributed by atoms with Crippen LogP contribution in [0.15, 0.2) is 83.7 Å². The zero-order chi connectivity index (χ0) is 32.7. The van der Waals surface area contributed by atoms with Gasteiger partial charge >= 0.3 is 5.97 Å². The summed E-state index contributed by atoms with van der Waals surface area (Å²) in [6.07, 6.45) is 10.5. The van der Waals surface area contributed by atoms with Crippen molar-refractivity contribution in [2.24, 2.45) is 0 Å². The molecule has 1 saturated carbocycles. The lowest BCUT2D eigenvalue weighted by Crippen LogP contribution is -2.41. The minimum absolute atomic E-state index is 0.0833. The number of esters is 1. The number of nitrogens with two attached hydrogens (primary N) is 1. The van der Waals surface area contributed by atoms with Gasteiger partial charge in [0.25, 0.3) is 5.56 Å². The summed E-state index contributed by atoms with van der Waals surface area (Å²) in [4.78, 5) is 38.6. The Morgan fingerprint density at radius 2 is 1.69 bits per heavy atom. The van der Waals surface area contributed by atoms with Gasteiger partial charge in [-0.15, -0.1) is 0 Å². The Hall–Kier alpha value is -4.77. The van der Waals surface area contributed by atoms with E-state index in [9.17, 15) is 23.2 Å². The number of rotatable bonds is 12. The number of allylic oxidation sites excluding steroid dienone is 3. The number of halogens is 4. The molecule has 2 aromatic carbocycles. The van der Waals surface area contributed by atoms with Gasteiger partial charge in [0.1, 0.15) is 35.3 Å². The Morgan fingerprint density at radius 3 is 2.33 bits per heavy atom. The molecule has 3 N–H and O–H groups in total. The highest BCUT2D eigenvalue weighted by molar-refractivity contribution is 6.11. The van der Waals surface area contributed by atoms with E-state index in [4.69, 9.17) is 10.5 Å². The van der Waals surface area contributed by atoms with Crippen molar-refractivity contribution in [2.45, 2.75) is 51.2 Å². The lowest BCUT2D eigenvalue weighted by atomic mass is 10.0. The quantitative estimate of drug-likeness (QED) is 0.113. The molecule has 0 spiro atoms. The molecule has 1 aliphatic rings. The molecule has 1 aromatic heterocycles. The molecular weight excluding hydrogens is 590 g/mol. The normalized spacial score (nSPS) is 14.3. The first-order valence-electron chi connectivity index (χ1n) is 14.4. The van der Waals surface area contributed by atoms with E-state index >= 15 is 8.78 Å². The molecule has 0 radical (unpaired) electrons. The summed E-state index contributed by atoms with van der Waals surface area (Å²) in [5.41, 5.74) is 3.96. The molecule has 1 aliphatic carbocycles. The number of carbonyl (C=O) groups excluding carboxylic acids is 2. The molecule has 0 aliphatic heterocycles. The van der Waals surface area contributed by atoms with Crippen LogP contribution in [-0.2, 0) is 16.0 Å². The number of anilines is 1. The number of hydrogen-bond donors (Lipinski definition) is 2. The van der Waals surface area contributed by atoms with Gasteiger partial charge in [-0.1, -0.05) is 30.9 Å². The lowest BCUT2D eigenvalue weighted by molar-refractivity contribution is -0.150. The third-order valence-corrected chi connectivity index (χ3v) is 7.42. The average Bonchev–Trinajstić information content (AvgIpc) is 3.49. The molecule has 3 aromatic rings. The molecule has 0 unspecified atom stereocenters. The average molecular weight is 624 g/mol. The van der Waals surface area contributed by atoms with Crippen molar-refractivity contribution in [1.29, 1.82) is 0 Å². The molecule has 4 rings (SSSR count). The second-order valence-corrected chi connectivity index (χ2v) is 10.6. The van der Waals surface area contributed by atoms with Crippen molar-refractivity contribution in [3.63, 3.8) is 0 Å². The van der Waals surface area contributed by atoms with E-state index in [2.05, 4.69) is 11.9 Å². The number of carbonyl (C=O) groups is 2. The number of nitrogens with one attached hydrogen (secondary N) is 1. The third kappa shape index (κ3) is 7.85. The van der Waals surface area contributed by atoms with Crippen LogP contribution in [-0.4, -0.2) is 35.0 Å². The topological polar surface area (TPSA) is 103 Å². The van der Waals surface area contributed by atoms with Gasteiger partial charge < -0.3 is 15.8 Å². The molecule has 1 atom stereocenters. The van der Waals surface area contributed by atoms with Crippen molar-refractivity contribution in [3.05, 3.63) is 129 Å². The van der Waals surface area contributed by atoms with Gasteiger partial charge in [0, 0.05) is 18.7 Å². The first-order chi connectivity index (χ1) is 21.5. The predicted molar refractivity (Wildman–Crippen MR) is 163 cm³/mol. The monoisotopic (exact) mass is 623 g/mol.